The zero-order valence-electron chi connectivity index (χ0n) is 8.38. The summed E-state index contributed by atoms with van der Waals surface area (Å²) < 4.78 is 16.1. The molecule has 0 spiro atoms. The molecule has 0 heterocycles. The van der Waals surface area contributed by atoms with Crippen molar-refractivity contribution in [2.24, 2.45) is 0 Å². The van der Waals surface area contributed by atoms with Gasteiger partial charge in [0.25, 0.3) is 0 Å². The Morgan fingerprint density at radius 2 is 2.07 bits per heavy atom. The second kappa shape index (κ2) is 5.09. The quantitative estimate of drug-likeness (QED) is 0.798. The van der Waals surface area contributed by atoms with Crippen LogP contribution in [0.2, 0.25) is 0 Å². The highest BCUT2D eigenvalue weighted by Gasteiger charge is 2.18. The Kier molecular flexibility index (Phi) is 4.05. The first kappa shape index (κ1) is 11.9. The molecule has 1 atom stereocenters. The molecule has 1 unspecified atom stereocenters. The summed E-state index contributed by atoms with van der Waals surface area (Å²) in [6, 6.07) is 8.51. The van der Waals surface area contributed by atoms with E-state index in [2.05, 4.69) is 0 Å². The van der Waals surface area contributed by atoms with Gasteiger partial charge in [0.15, 0.2) is 0 Å². The highest BCUT2D eigenvalue weighted by atomic mass is 31.2. The van der Waals surface area contributed by atoms with Crippen molar-refractivity contribution in [2.45, 2.75) is 13.1 Å². The molecule has 1 rings (SSSR count). The fourth-order valence-corrected chi connectivity index (χ4v) is 2.33. The Hall–Kier alpha value is -1.14. The van der Waals surface area contributed by atoms with Crippen molar-refractivity contribution in [3.63, 3.8) is 0 Å². The molecule has 1 N–H and O–H groups in total. The van der Waals surface area contributed by atoms with Crippen LogP contribution in [0.4, 0.5) is 0 Å². The molecule has 5 heteroatoms. The summed E-state index contributed by atoms with van der Waals surface area (Å²) in [4.78, 5) is 9.36. The van der Waals surface area contributed by atoms with Gasteiger partial charge in [0, 0.05) is 0 Å². The predicted octanol–water partition coefficient (Wildman–Crippen LogP) is 2.28. The van der Waals surface area contributed by atoms with E-state index in [9.17, 15) is 9.46 Å². The van der Waals surface area contributed by atoms with E-state index in [1.807, 2.05) is 6.07 Å². The van der Waals surface area contributed by atoms with Gasteiger partial charge < -0.3 is 9.42 Å². The molecule has 0 aliphatic heterocycles. The Bertz CT molecular complexity index is 408. The Morgan fingerprint density at radius 3 is 2.53 bits per heavy atom. The Labute approximate surface area is 88.7 Å². The van der Waals surface area contributed by atoms with E-state index in [0.29, 0.717) is 11.1 Å². The van der Waals surface area contributed by atoms with E-state index >= 15 is 0 Å². The second-order valence-corrected chi connectivity index (χ2v) is 4.87. The van der Waals surface area contributed by atoms with E-state index in [1.165, 1.54) is 0 Å². The number of hydrogen-bond donors (Lipinski definition) is 1. The van der Waals surface area contributed by atoms with Crippen molar-refractivity contribution in [3.05, 3.63) is 35.4 Å². The standard InChI is InChI=1S/C10H12NO3P/c1-2-14-15(12,13)8-10-5-3-9(7-11)4-6-10/h3-6H,2,8H2,1H3,(H,12,13). The van der Waals surface area contributed by atoms with E-state index in [-0.39, 0.29) is 12.8 Å². The summed E-state index contributed by atoms with van der Waals surface area (Å²) in [6.07, 6.45) is -0.0213. The SMILES string of the molecule is CCOP(=O)(O)Cc1ccc(C#N)cc1. The molecule has 0 fully saturated rings. The normalized spacial score (nSPS) is 14.2. The molecule has 0 aliphatic rings. The topological polar surface area (TPSA) is 70.3 Å². The summed E-state index contributed by atoms with van der Waals surface area (Å²) in [5.74, 6) is 0. The third-order valence-corrected chi connectivity index (χ3v) is 3.22. The maximum Gasteiger partial charge on any atom is 0.332 e. The van der Waals surface area contributed by atoms with Gasteiger partial charge in [-0.3, -0.25) is 4.57 Å². The third kappa shape index (κ3) is 3.85. The largest absolute Gasteiger partial charge is 0.332 e. The van der Waals surface area contributed by atoms with E-state index in [1.54, 1.807) is 31.2 Å². The molecule has 0 aliphatic carbocycles. The minimum absolute atomic E-state index is 0.0213. The zero-order valence-corrected chi connectivity index (χ0v) is 9.28. The maximum absolute atomic E-state index is 11.4. The summed E-state index contributed by atoms with van der Waals surface area (Å²) in [7, 11) is -3.52. The molecule has 0 saturated heterocycles. The van der Waals surface area contributed by atoms with Crippen LogP contribution in [0.25, 0.3) is 0 Å². The number of nitrogens with zero attached hydrogens (tertiary/aromatic N) is 1. The lowest BCUT2D eigenvalue weighted by Gasteiger charge is -2.10. The van der Waals surface area contributed by atoms with Crippen LogP contribution in [0.1, 0.15) is 18.1 Å². The van der Waals surface area contributed by atoms with Crippen molar-refractivity contribution in [1.29, 1.82) is 5.26 Å². The molecular formula is C10H12NO3P. The molecule has 0 aromatic heterocycles. The number of benzene rings is 1. The average molecular weight is 225 g/mol. The van der Waals surface area contributed by atoms with Crippen molar-refractivity contribution < 1.29 is 14.0 Å². The summed E-state index contributed by atoms with van der Waals surface area (Å²) in [5, 5.41) is 8.57. The lowest BCUT2D eigenvalue weighted by atomic mass is 10.2. The predicted molar refractivity (Wildman–Crippen MR) is 56.3 cm³/mol. The smallest absolute Gasteiger partial charge is 0.324 e. The number of nitriles is 1. The van der Waals surface area contributed by atoms with Crippen LogP contribution in [-0.4, -0.2) is 11.5 Å². The Morgan fingerprint density at radius 1 is 1.47 bits per heavy atom. The minimum atomic E-state index is -3.52. The lowest BCUT2D eigenvalue weighted by molar-refractivity contribution is 0.272. The summed E-state index contributed by atoms with van der Waals surface area (Å²) in [5.41, 5.74) is 1.22. The van der Waals surface area contributed by atoms with Gasteiger partial charge in [0.1, 0.15) is 0 Å². The van der Waals surface area contributed by atoms with Crippen LogP contribution >= 0.6 is 7.60 Å². The van der Waals surface area contributed by atoms with Crippen LogP contribution < -0.4 is 0 Å². The van der Waals surface area contributed by atoms with Gasteiger partial charge >= 0.3 is 7.60 Å². The fourth-order valence-electron chi connectivity index (χ4n) is 1.16. The molecule has 15 heavy (non-hydrogen) atoms. The van der Waals surface area contributed by atoms with Crippen LogP contribution in [0.5, 0.6) is 0 Å². The van der Waals surface area contributed by atoms with Crippen molar-refractivity contribution in [3.8, 4) is 6.07 Å². The van der Waals surface area contributed by atoms with Crippen molar-refractivity contribution in [2.75, 3.05) is 6.61 Å². The second-order valence-electron chi connectivity index (χ2n) is 3.02. The molecule has 4 nitrogen and oxygen atoms in total. The highest BCUT2D eigenvalue weighted by molar-refractivity contribution is 7.51. The third-order valence-electron chi connectivity index (χ3n) is 1.80. The molecule has 0 bridgehead atoms. The van der Waals surface area contributed by atoms with Crippen LogP contribution in [-0.2, 0) is 15.3 Å². The minimum Gasteiger partial charge on any atom is -0.324 e. The van der Waals surface area contributed by atoms with Gasteiger partial charge in [-0.1, -0.05) is 12.1 Å². The molecule has 80 valence electrons. The molecule has 0 amide bonds. The van der Waals surface area contributed by atoms with Gasteiger partial charge in [-0.05, 0) is 24.6 Å². The monoisotopic (exact) mass is 225 g/mol. The highest BCUT2D eigenvalue weighted by Crippen LogP contribution is 2.45. The van der Waals surface area contributed by atoms with Gasteiger partial charge in [-0.15, -0.1) is 0 Å². The first-order chi connectivity index (χ1) is 7.07. The van der Waals surface area contributed by atoms with E-state index < -0.39 is 7.60 Å². The van der Waals surface area contributed by atoms with E-state index in [4.69, 9.17) is 9.79 Å². The van der Waals surface area contributed by atoms with E-state index in [0.717, 1.165) is 0 Å². The van der Waals surface area contributed by atoms with Crippen molar-refractivity contribution in [1.82, 2.24) is 0 Å². The molecular weight excluding hydrogens is 213 g/mol. The van der Waals surface area contributed by atoms with Gasteiger partial charge in [0.05, 0.1) is 24.4 Å². The van der Waals surface area contributed by atoms with Crippen LogP contribution in [0.3, 0.4) is 0 Å². The van der Waals surface area contributed by atoms with Gasteiger partial charge in [-0.25, -0.2) is 0 Å². The first-order valence-electron chi connectivity index (χ1n) is 4.53. The fraction of sp³-hybridized carbons (Fsp3) is 0.300. The maximum atomic E-state index is 11.4. The zero-order chi connectivity index (χ0) is 11.3. The molecule has 0 saturated carbocycles. The van der Waals surface area contributed by atoms with Crippen LogP contribution in [0.15, 0.2) is 24.3 Å². The number of rotatable bonds is 4. The number of hydrogen-bond acceptors (Lipinski definition) is 3. The average Bonchev–Trinajstić information content (AvgIpc) is 2.18. The van der Waals surface area contributed by atoms with Crippen LogP contribution in [0, 0.1) is 11.3 Å². The Balaban J connectivity index is 2.74. The van der Waals surface area contributed by atoms with Crippen molar-refractivity contribution >= 4 is 7.60 Å². The summed E-state index contributed by atoms with van der Waals surface area (Å²) in [6.45, 7) is 1.88. The summed E-state index contributed by atoms with van der Waals surface area (Å²) >= 11 is 0. The first-order valence-corrected chi connectivity index (χ1v) is 6.29. The van der Waals surface area contributed by atoms with Gasteiger partial charge in [-0.2, -0.15) is 5.26 Å². The molecule has 1 aromatic carbocycles. The van der Waals surface area contributed by atoms with Gasteiger partial charge in [0.2, 0.25) is 0 Å². The lowest BCUT2D eigenvalue weighted by Crippen LogP contribution is -1.93. The molecule has 0 radical (unpaired) electrons. The molecule has 1 aromatic rings.